The summed E-state index contributed by atoms with van der Waals surface area (Å²) in [7, 11) is 0. The van der Waals surface area contributed by atoms with E-state index in [1.807, 2.05) is 6.07 Å². The zero-order valence-corrected chi connectivity index (χ0v) is 37.8. The van der Waals surface area contributed by atoms with Crippen molar-refractivity contribution in [3.8, 4) is 0 Å². The van der Waals surface area contributed by atoms with Crippen molar-refractivity contribution in [2.75, 3.05) is 0 Å². The van der Waals surface area contributed by atoms with Gasteiger partial charge in [0.15, 0.2) is 10.3 Å². The average Bonchev–Trinajstić information content (AvgIpc) is 3.54. The quantitative estimate of drug-likeness (QED) is 0.0889. The highest BCUT2D eigenvalue weighted by Crippen LogP contribution is 2.41. The van der Waals surface area contributed by atoms with Crippen LogP contribution in [0.15, 0.2) is 117 Å². The normalized spacial score (nSPS) is 13.5. The topological polar surface area (TPSA) is 3.88 Å². The van der Waals surface area contributed by atoms with Crippen LogP contribution in [0.5, 0.6) is 0 Å². The molecule has 0 fully saturated rings. The second-order valence-electron chi connectivity index (χ2n) is 15.1. The van der Waals surface area contributed by atoms with Gasteiger partial charge in [0.1, 0.15) is 6.15 Å². The first-order valence-electron chi connectivity index (χ1n) is 18.7. The predicted molar refractivity (Wildman–Crippen MR) is 216 cm³/mol. The molecule has 1 heterocycles. The van der Waals surface area contributed by atoms with Crippen molar-refractivity contribution >= 4 is 71.2 Å². The Hall–Kier alpha value is -4.93. The molecule has 0 saturated carbocycles. The Morgan fingerprint density at radius 1 is 0.352 bits per heavy atom. The molecule has 5 aromatic carbocycles. The van der Waals surface area contributed by atoms with E-state index in [4.69, 9.17) is 0 Å². The van der Waals surface area contributed by atoms with E-state index in [-0.39, 0.29) is 0 Å². The van der Waals surface area contributed by atoms with Gasteiger partial charge in [0.25, 0.3) is 4.60 Å². The van der Waals surface area contributed by atoms with E-state index in [0.717, 1.165) is 14.9 Å². The maximum absolute atomic E-state index is 14.2. The molecular formula is C42H20BBr2F24NS. The number of alkyl halides is 24. The van der Waals surface area contributed by atoms with Crippen molar-refractivity contribution in [1.29, 1.82) is 0 Å². The number of hydrogen-bond donors (Lipinski definition) is 0. The van der Waals surface area contributed by atoms with E-state index >= 15 is 0 Å². The van der Waals surface area contributed by atoms with Gasteiger partial charge in [-0.1, -0.05) is 90.2 Å². The van der Waals surface area contributed by atoms with Crippen LogP contribution < -0.4 is 26.4 Å². The largest absolute Gasteiger partial charge is 0.416 e. The Kier molecular flexibility index (Phi) is 15.6. The highest BCUT2D eigenvalue weighted by molar-refractivity contribution is 9.13. The van der Waals surface area contributed by atoms with Crippen molar-refractivity contribution in [2.24, 2.45) is 0 Å². The minimum atomic E-state index is -6.13. The Labute approximate surface area is 402 Å². The second-order valence-corrected chi connectivity index (χ2v) is 18.0. The highest BCUT2D eigenvalue weighted by atomic mass is 79.9. The van der Waals surface area contributed by atoms with Gasteiger partial charge in [0, 0.05) is 21.5 Å². The molecule has 29 heteroatoms. The van der Waals surface area contributed by atoms with E-state index in [1.165, 1.54) is 5.56 Å². The Bertz CT molecular complexity index is 2430. The summed E-state index contributed by atoms with van der Waals surface area (Å²) in [5, 5.41) is 0. The Morgan fingerprint density at radius 2 is 0.577 bits per heavy atom. The maximum Gasteiger partial charge on any atom is 0.416 e. The number of nitrogens with zero attached hydrogens (tertiary/aromatic N) is 1. The molecule has 0 spiro atoms. The molecule has 0 unspecified atom stereocenters. The lowest BCUT2D eigenvalue weighted by atomic mass is 9.12. The molecule has 1 nitrogen and oxygen atoms in total. The summed E-state index contributed by atoms with van der Waals surface area (Å²) < 4.78 is 345. The molecule has 1 aromatic heterocycles. The molecule has 0 radical (unpaired) electrons. The third-order valence-electron chi connectivity index (χ3n) is 10.3. The van der Waals surface area contributed by atoms with Crippen LogP contribution >= 0.6 is 43.2 Å². The first kappa shape index (κ1) is 57.0. The number of thiazole rings is 1. The monoisotopic (exact) mass is 1190 g/mol. The smallest absolute Gasteiger partial charge is 0.194 e. The fourth-order valence-electron chi connectivity index (χ4n) is 7.28. The first-order valence-corrected chi connectivity index (χ1v) is 21.2. The SMILES string of the molecule is Brc1sc[n+](Cc2ccccc2)c1Br.FC(F)(F)c1cc([B-](c2cc(C(F)(F)F)cc(C(F)(F)F)c2)(c2cc(C(F)(F)F)cc(C(F)(F)F)c2)c2cc(C(F)(F)F)cc(C(F)(F)F)c2)cc(C(F)(F)F)c1. The number of hydrogen-bond acceptors (Lipinski definition) is 1. The van der Waals surface area contributed by atoms with Gasteiger partial charge in [-0.05, 0) is 40.2 Å². The molecule has 71 heavy (non-hydrogen) atoms. The molecule has 384 valence electrons. The van der Waals surface area contributed by atoms with E-state index in [0.29, 0.717) is 0 Å². The molecule has 0 saturated heterocycles. The molecule has 0 aliphatic heterocycles. The predicted octanol–water partition coefficient (Wildman–Crippen LogP) is 14.8. The zero-order valence-electron chi connectivity index (χ0n) is 33.9. The first-order chi connectivity index (χ1) is 32.0. The van der Waals surface area contributed by atoms with E-state index in [9.17, 15) is 105 Å². The van der Waals surface area contributed by atoms with Crippen LogP contribution in [-0.2, 0) is 56.0 Å². The fourth-order valence-corrected chi connectivity index (χ4v) is 9.01. The van der Waals surface area contributed by atoms with Crippen LogP contribution in [0.4, 0.5) is 105 Å². The number of aromatic nitrogens is 1. The van der Waals surface area contributed by atoms with Gasteiger partial charge in [-0.3, -0.25) is 0 Å². The van der Waals surface area contributed by atoms with Crippen LogP contribution in [0.3, 0.4) is 0 Å². The highest BCUT2D eigenvalue weighted by Gasteiger charge is 2.47. The van der Waals surface area contributed by atoms with Gasteiger partial charge in [0.2, 0.25) is 5.51 Å². The number of halogens is 26. The van der Waals surface area contributed by atoms with Crippen molar-refractivity contribution in [3.63, 3.8) is 0 Å². The van der Waals surface area contributed by atoms with Crippen LogP contribution in [0.25, 0.3) is 0 Å². The van der Waals surface area contributed by atoms with E-state index < -0.39 is 195 Å². The summed E-state index contributed by atoms with van der Waals surface area (Å²) >= 11 is 8.70. The maximum atomic E-state index is 14.2. The number of rotatable bonds is 6. The molecule has 6 rings (SSSR count). The van der Waals surface area contributed by atoms with E-state index in [2.05, 4.69) is 66.2 Å². The van der Waals surface area contributed by atoms with Gasteiger partial charge >= 0.3 is 49.4 Å². The summed E-state index contributed by atoms with van der Waals surface area (Å²) in [6.45, 7) is 0.906. The molecule has 0 aliphatic carbocycles. The summed E-state index contributed by atoms with van der Waals surface area (Å²) in [6, 6.07) is 1.61. The fraction of sp³-hybridized carbons (Fsp3) is 0.214. The molecule has 0 bridgehead atoms. The summed E-state index contributed by atoms with van der Waals surface area (Å²) in [6.07, 6.45) is -54.8. The third-order valence-corrected chi connectivity index (χ3v) is 13.7. The lowest BCUT2D eigenvalue weighted by Crippen LogP contribution is -2.75. The Balaban J connectivity index is 0.000000569. The lowest BCUT2D eigenvalue weighted by Gasteiger charge is -2.46. The van der Waals surface area contributed by atoms with Crippen molar-refractivity contribution in [2.45, 2.75) is 56.0 Å². The van der Waals surface area contributed by atoms with Crippen LogP contribution in [-0.4, -0.2) is 6.15 Å². The average molecular weight is 1200 g/mol. The number of benzene rings is 5. The molecule has 0 aliphatic rings. The minimum absolute atomic E-state index is 0.691. The molecular weight excluding hydrogens is 1180 g/mol. The lowest BCUT2D eigenvalue weighted by molar-refractivity contribution is -0.694. The molecule has 0 atom stereocenters. The molecule has 0 N–H and O–H groups in total. The van der Waals surface area contributed by atoms with Gasteiger partial charge in [0.05, 0.1) is 44.5 Å². The van der Waals surface area contributed by atoms with Gasteiger partial charge < -0.3 is 0 Å². The third kappa shape index (κ3) is 13.2. The summed E-state index contributed by atoms with van der Waals surface area (Å²) in [4.78, 5) is 0. The summed E-state index contributed by atoms with van der Waals surface area (Å²) in [5.74, 6) is 0. The van der Waals surface area contributed by atoms with Crippen LogP contribution in [0.2, 0.25) is 0 Å². The van der Waals surface area contributed by atoms with Gasteiger partial charge in [-0.15, -0.1) is 0 Å². The minimum Gasteiger partial charge on any atom is -0.194 e. The van der Waals surface area contributed by atoms with Gasteiger partial charge in [-0.25, -0.2) is 0 Å². The molecule has 0 amide bonds. The van der Waals surface area contributed by atoms with Crippen LogP contribution in [0.1, 0.15) is 50.1 Å². The van der Waals surface area contributed by atoms with Gasteiger partial charge in [-0.2, -0.15) is 132 Å². The summed E-state index contributed by atoms with van der Waals surface area (Å²) in [5.41, 5.74) is -26.8. The Morgan fingerprint density at radius 3 is 0.761 bits per heavy atom. The van der Waals surface area contributed by atoms with E-state index in [1.54, 1.807) is 11.3 Å². The standard InChI is InChI=1S/C32H12BF24.C10H8Br2NS/c34-25(35,36)13-1-14(26(37,38)39)6-21(5-13)33(22-7-15(27(40,41)42)2-16(8-22)28(43,44)45,23-9-17(29(46,47)48)3-18(10-23)30(49,50)51)24-11-19(31(52,53)54)4-20(12-24)32(55,56)57;11-9-10(12)14-7-13(9)6-8-4-2-1-3-5-8/h1-12H;1-5,7H,6H2/q-1;+1. The van der Waals surface area contributed by atoms with Crippen LogP contribution in [0, 0.1) is 0 Å². The van der Waals surface area contributed by atoms with Crippen molar-refractivity contribution < 1.29 is 110 Å². The van der Waals surface area contributed by atoms with Crippen molar-refractivity contribution in [3.05, 3.63) is 167 Å². The zero-order chi connectivity index (χ0) is 53.9. The molecule has 6 aromatic rings. The second kappa shape index (κ2) is 19.5. The van der Waals surface area contributed by atoms with Crippen molar-refractivity contribution in [1.82, 2.24) is 0 Å².